The largest absolute Gasteiger partial charge is 0.382 e. The molecule has 0 spiro atoms. The fraction of sp³-hybridized carbons (Fsp3) is 0.308. The predicted molar refractivity (Wildman–Crippen MR) is 68.8 cm³/mol. The van der Waals surface area contributed by atoms with E-state index in [-0.39, 0.29) is 0 Å². The Hall–Kier alpha value is -1.61. The minimum atomic E-state index is 0.933. The van der Waals surface area contributed by atoms with Gasteiger partial charge in [-0.25, -0.2) is 0 Å². The van der Waals surface area contributed by atoms with E-state index in [0.717, 1.165) is 24.3 Å². The van der Waals surface area contributed by atoms with Crippen LogP contribution in [0, 0.1) is 0 Å². The lowest BCUT2D eigenvalue weighted by molar-refractivity contribution is 0.425. The summed E-state index contributed by atoms with van der Waals surface area (Å²) in [6, 6.07) is 10.3. The van der Waals surface area contributed by atoms with Crippen LogP contribution in [0.1, 0.15) is 0 Å². The van der Waals surface area contributed by atoms with Crippen LogP contribution in [0.3, 0.4) is 0 Å². The van der Waals surface area contributed by atoms with E-state index >= 15 is 0 Å². The van der Waals surface area contributed by atoms with E-state index < -0.39 is 0 Å². The number of hydrogen-bond acceptors (Lipinski definition) is 3. The van der Waals surface area contributed by atoms with Gasteiger partial charge < -0.3 is 10.2 Å². The summed E-state index contributed by atoms with van der Waals surface area (Å²) < 4.78 is 0. The number of benzene rings is 1. The van der Waals surface area contributed by atoms with E-state index in [9.17, 15) is 0 Å². The summed E-state index contributed by atoms with van der Waals surface area (Å²) >= 11 is 0. The highest BCUT2D eigenvalue weighted by atomic mass is 15.1. The summed E-state index contributed by atoms with van der Waals surface area (Å²) in [5.41, 5.74) is 2.16. The number of pyridine rings is 1. The first-order valence-electron chi connectivity index (χ1n) is 5.50. The number of nitrogens with zero attached hydrogens (tertiary/aromatic N) is 2. The molecule has 0 saturated heterocycles. The number of rotatable bonds is 4. The van der Waals surface area contributed by atoms with Crippen molar-refractivity contribution in [2.24, 2.45) is 0 Å². The maximum absolute atomic E-state index is 4.40. The Kier molecular flexibility index (Phi) is 3.37. The predicted octanol–water partition coefficient (Wildman–Crippen LogP) is 2.21. The summed E-state index contributed by atoms with van der Waals surface area (Å²) in [6.07, 6.45) is 1.83. The minimum Gasteiger partial charge on any atom is -0.382 e. The number of nitrogens with one attached hydrogen (secondary N) is 1. The summed E-state index contributed by atoms with van der Waals surface area (Å²) in [7, 11) is 4.14. The summed E-state index contributed by atoms with van der Waals surface area (Å²) in [4.78, 5) is 6.56. The summed E-state index contributed by atoms with van der Waals surface area (Å²) in [5.74, 6) is 0. The second-order valence-corrected chi connectivity index (χ2v) is 4.11. The molecule has 0 bridgehead atoms. The van der Waals surface area contributed by atoms with Gasteiger partial charge >= 0.3 is 0 Å². The Balaban J connectivity index is 2.17. The van der Waals surface area contributed by atoms with Crippen LogP contribution < -0.4 is 5.32 Å². The van der Waals surface area contributed by atoms with Crippen LogP contribution >= 0.6 is 0 Å². The number of anilines is 1. The highest BCUT2D eigenvalue weighted by Gasteiger charge is 2.00. The fourth-order valence-corrected chi connectivity index (χ4v) is 1.66. The molecule has 0 fully saturated rings. The fourth-order valence-electron chi connectivity index (χ4n) is 1.66. The van der Waals surface area contributed by atoms with E-state index in [1.807, 2.05) is 12.3 Å². The van der Waals surface area contributed by atoms with Crippen molar-refractivity contribution in [1.29, 1.82) is 0 Å². The van der Waals surface area contributed by atoms with Crippen molar-refractivity contribution in [2.75, 3.05) is 32.5 Å². The van der Waals surface area contributed by atoms with Crippen molar-refractivity contribution in [2.45, 2.75) is 0 Å². The van der Waals surface area contributed by atoms with Crippen molar-refractivity contribution < 1.29 is 0 Å². The van der Waals surface area contributed by atoms with Crippen LogP contribution in [-0.2, 0) is 0 Å². The molecule has 0 aliphatic carbocycles. The third-order valence-corrected chi connectivity index (χ3v) is 2.51. The first kappa shape index (κ1) is 10.9. The molecule has 0 aliphatic heterocycles. The number of fused-ring (bicyclic) bond motifs is 1. The number of para-hydroxylation sites is 1. The zero-order chi connectivity index (χ0) is 11.4. The molecule has 1 N–H and O–H groups in total. The van der Waals surface area contributed by atoms with Gasteiger partial charge in [-0.05, 0) is 26.2 Å². The molecule has 0 radical (unpaired) electrons. The van der Waals surface area contributed by atoms with Crippen LogP contribution in [0.25, 0.3) is 10.9 Å². The zero-order valence-corrected chi connectivity index (χ0v) is 9.77. The van der Waals surface area contributed by atoms with Crippen LogP contribution in [-0.4, -0.2) is 37.1 Å². The maximum Gasteiger partial charge on any atom is 0.0933 e. The van der Waals surface area contributed by atoms with E-state index in [0.29, 0.717) is 0 Å². The van der Waals surface area contributed by atoms with Gasteiger partial charge in [0.1, 0.15) is 0 Å². The molecular weight excluding hydrogens is 198 g/mol. The molecule has 1 aromatic heterocycles. The van der Waals surface area contributed by atoms with Crippen molar-refractivity contribution >= 4 is 16.6 Å². The highest BCUT2D eigenvalue weighted by molar-refractivity contribution is 5.90. The molecule has 0 atom stereocenters. The van der Waals surface area contributed by atoms with Gasteiger partial charge in [0.2, 0.25) is 0 Å². The van der Waals surface area contributed by atoms with Gasteiger partial charge in [0, 0.05) is 24.7 Å². The smallest absolute Gasteiger partial charge is 0.0933 e. The van der Waals surface area contributed by atoms with Crippen LogP contribution in [0.15, 0.2) is 36.5 Å². The standard InChI is InChI=1S/C13H17N3/c1-16(2)10-9-14-12-7-3-5-11-6-4-8-15-13(11)12/h3-8,14H,9-10H2,1-2H3. The molecule has 3 nitrogen and oxygen atoms in total. The lowest BCUT2D eigenvalue weighted by Gasteiger charge is -2.12. The molecule has 3 heteroatoms. The van der Waals surface area contributed by atoms with Gasteiger partial charge in [0.25, 0.3) is 0 Å². The average Bonchev–Trinajstić information content (AvgIpc) is 2.29. The number of aromatic nitrogens is 1. The molecule has 16 heavy (non-hydrogen) atoms. The Bertz CT molecular complexity index is 460. The lowest BCUT2D eigenvalue weighted by atomic mass is 10.2. The monoisotopic (exact) mass is 215 g/mol. The molecular formula is C13H17N3. The van der Waals surface area contributed by atoms with E-state index in [2.05, 4.69) is 53.6 Å². The van der Waals surface area contributed by atoms with Gasteiger partial charge in [-0.15, -0.1) is 0 Å². The molecule has 1 heterocycles. The van der Waals surface area contributed by atoms with E-state index in [4.69, 9.17) is 0 Å². The second kappa shape index (κ2) is 4.94. The van der Waals surface area contributed by atoms with Crippen LogP contribution in [0.5, 0.6) is 0 Å². The first-order valence-corrected chi connectivity index (χ1v) is 5.50. The van der Waals surface area contributed by atoms with E-state index in [1.54, 1.807) is 0 Å². The Labute approximate surface area is 96.1 Å². The lowest BCUT2D eigenvalue weighted by Crippen LogP contribution is -2.20. The molecule has 0 saturated carbocycles. The number of likely N-dealkylation sites (N-methyl/N-ethyl adjacent to an activating group) is 1. The highest BCUT2D eigenvalue weighted by Crippen LogP contribution is 2.20. The summed E-state index contributed by atoms with van der Waals surface area (Å²) in [5, 5.41) is 4.59. The third-order valence-electron chi connectivity index (χ3n) is 2.51. The second-order valence-electron chi connectivity index (χ2n) is 4.11. The zero-order valence-electron chi connectivity index (χ0n) is 9.77. The molecule has 2 rings (SSSR count). The Morgan fingerprint density at radius 1 is 1.19 bits per heavy atom. The normalized spacial score (nSPS) is 10.9. The topological polar surface area (TPSA) is 28.2 Å². The minimum absolute atomic E-state index is 0.933. The van der Waals surface area contributed by atoms with Crippen molar-refractivity contribution in [3.8, 4) is 0 Å². The summed E-state index contributed by atoms with van der Waals surface area (Å²) in [6.45, 7) is 1.95. The van der Waals surface area contributed by atoms with Gasteiger partial charge in [-0.1, -0.05) is 18.2 Å². The average molecular weight is 215 g/mol. The molecule has 84 valence electrons. The maximum atomic E-state index is 4.40. The van der Waals surface area contributed by atoms with Gasteiger partial charge in [-0.2, -0.15) is 0 Å². The van der Waals surface area contributed by atoms with Crippen molar-refractivity contribution in [1.82, 2.24) is 9.88 Å². The van der Waals surface area contributed by atoms with Crippen LogP contribution in [0.4, 0.5) is 5.69 Å². The Morgan fingerprint density at radius 3 is 2.81 bits per heavy atom. The van der Waals surface area contributed by atoms with E-state index in [1.165, 1.54) is 5.39 Å². The Morgan fingerprint density at radius 2 is 2.00 bits per heavy atom. The van der Waals surface area contributed by atoms with Crippen molar-refractivity contribution in [3.63, 3.8) is 0 Å². The first-order chi connectivity index (χ1) is 7.77. The van der Waals surface area contributed by atoms with Crippen LogP contribution in [0.2, 0.25) is 0 Å². The molecule has 2 aromatic rings. The van der Waals surface area contributed by atoms with Gasteiger partial charge in [0.15, 0.2) is 0 Å². The third kappa shape index (κ3) is 2.49. The molecule has 0 amide bonds. The molecule has 1 aromatic carbocycles. The quantitative estimate of drug-likeness (QED) is 0.847. The number of hydrogen-bond donors (Lipinski definition) is 1. The van der Waals surface area contributed by atoms with Gasteiger partial charge in [-0.3, -0.25) is 4.98 Å². The van der Waals surface area contributed by atoms with Crippen molar-refractivity contribution in [3.05, 3.63) is 36.5 Å². The molecule has 0 unspecified atom stereocenters. The molecule has 0 aliphatic rings. The van der Waals surface area contributed by atoms with Gasteiger partial charge in [0.05, 0.1) is 11.2 Å². The SMILES string of the molecule is CN(C)CCNc1cccc2cccnc12.